The summed E-state index contributed by atoms with van der Waals surface area (Å²) < 4.78 is 0. The highest BCUT2D eigenvalue weighted by Gasteiger charge is 2.08. The van der Waals surface area contributed by atoms with Gasteiger partial charge in [-0.2, -0.15) is 0 Å². The molecule has 0 heterocycles. The molecule has 4 rings (SSSR count). The minimum Gasteiger partial charge on any atom is -0.0616 e. The normalized spacial score (nSPS) is 11.2. The molecule has 0 heteroatoms. The maximum atomic E-state index is 2.32. The van der Waals surface area contributed by atoms with Crippen LogP contribution in [0.3, 0.4) is 0 Å². The van der Waals surface area contributed by atoms with Crippen molar-refractivity contribution in [2.75, 3.05) is 0 Å². The smallest absolute Gasteiger partial charge is 0.00991 e. The van der Waals surface area contributed by atoms with Gasteiger partial charge in [0.1, 0.15) is 0 Å². The standard InChI is InChI=1S/C22H18/c1-15-13-18-9-6-12-21(22(18)14-16(15)2)20-11-5-8-17-7-3-4-10-19(17)20/h3-14H,1-2H3. The van der Waals surface area contributed by atoms with Gasteiger partial charge >= 0.3 is 0 Å². The molecule has 0 spiro atoms. The quantitative estimate of drug-likeness (QED) is 0.385. The number of benzene rings is 4. The molecule has 0 saturated heterocycles. The van der Waals surface area contributed by atoms with Crippen LogP contribution in [-0.4, -0.2) is 0 Å². The second-order valence-corrected chi connectivity index (χ2v) is 5.99. The maximum absolute atomic E-state index is 2.32. The molecule has 106 valence electrons. The number of rotatable bonds is 1. The Balaban J connectivity index is 2.11. The van der Waals surface area contributed by atoms with E-state index in [0.717, 1.165) is 0 Å². The third-order valence-corrected chi connectivity index (χ3v) is 4.57. The summed E-state index contributed by atoms with van der Waals surface area (Å²) in [4.78, 5) is 0. The second-order valence-electron chi connectivity index (χ2n) is 5.99. The molecule has 0 unspecified atom stereocenters. The molecule has 0 aromatic heterocycles. The number of aryl methyl sites for hydroxylation is 2. The summed E-state index contributed by atoms with van der Waals surface area (Å²) in [5, 5.41) is 5.26. The van der Waals surface area contributed by atoms with E-state index in [0.29, 0.717) is 0 Å². The van der Waals surface area contributed by atoms with E-state index in [1.807, 2.05) is 0 Å². The summed E-state index contributed by atoms with van der Waals surface area (Å²) in [5.74, 6) is 0. The Hall–Kier alpha value is -2.60. The lowest BCUT2D eigenvalue weighted by atomic mass is 9.92. The molecule has 0 nitrogen and oxygen atoms in total. The number of hydrogen-bond acceptors (Lipinski definition) is 0. The van der Waals surface area contributed by atoms with Gasteiger partial charge in [0.2, 0.25) is 0 Å². The Kier molecular flexibility index (Phi) is 2.97. The van der Waals surface area contributed by atoms with Crippen LogP contribution in [0.2, 0.25) is 0 Å². The van der Waals surface area contributed by atoms with Gasteiger partial charge in [0.05, 0.1) is 0 Å². The third kappa shape index (κ3) is 2.00. The first-order valence-electron chi connectivity index (χ1n) is 7.72. The topological polar surface area (TPSA) is 0 Å². The molecule has 0 radical (unpaired) electrons. The highest BCUT2D eigenvalue weighted by atomic mass is 14.1. The van der Waals surface area contributed by atoms with Crippen LogP contribution in [0.1, 0.15) is 11.1 Å². The molecule has 0 aliphatic heterocycles. The minimum atomic E-state index is 1.29. The van der Waals surface area contributed by atoms with E-state index in [1.165, 1.54) is 43.8 Å². The van der Waals surface area contributed by atoms with Crippen molar-refractivity contribution in [2.45, 2.75) is 13.8 Å². The summed E-state index contributed by atoms with van der Waals surface area (Å²) in [6.45, 7) is 4.37. The first-order valence-corrected chi connectivity index (χ1v) is 7.72. The molecule has 4 aromatic rings. The van der Waals surface area contributed by atoms with Crippen molar-refractivity contribution in [3.05, 3.63) is 83.9 Å². The predicted molar refractivity (Wildman–Crippen MR) is 96.4 cm³/mol. The minimum absolute atomic E-state index is 1.29. The van der Waals surface area contributed by atoms with Crippen molar-refractivity contribution >= 4 is 21.5 Å². The summed E-state index contributed by atoms with van der Waals surface area (Å²) in [5.41, 5.74) is 5.33. The van der Waals surface area contributed by atoms with E-state index < -0.39 is 0 Å². The third-order valence-electron chi connectivity index (χ3n) is 4.57. The van der Waals surface area contributed by atoms with E-state index in [-0.39, 0.29) is 0 Å². The Morgan fingerprint density at radius 1 is 0.500 bits per heavy atom. The molecule has 0 fully saturated rings. The van der Waals surface area contributed by atoms with Crippen molar-refractivity contribution in [2.24, 2.45) is 0 Å². The summed E-state index contributed by atoms with van der Waals surface area (Å²) in [6, 6.07) is 26.4. The Morgan fingerprint density at radius 2 is 1.09 bits per heavy atom. The van der Waals surface area contributed by atoms with E-state index in [1.54, 1.807) is 0 Å². The largest absolute Gasteiger partial charge is 0.0616 e. The predicted octanol–water partition coefficient (Wildman–Crippen LogP) is 6.28. The first kappa shape index (κ1) is 13.1. The van der Waals surface area contributed by atoms with Crippen LogP contribution in [-0.2, 0) is 0 Å². The SMILES string of the molecule is Cc1cc2cccc(-c3cccc4ccccc34)c2cc1C. The zero-order valence-electron chi connectivity index (χ0n) is 12.9. The second kappa shape index (κ2) is 4.99. The molecular formula is C22H18. The van der Waals surface area contributed by atoms with Crippen LogP contribution in [0.15, 0.2) is 72.8 Å². The summed E-state index contributed by atoms with van der Waals surface area (Å²) in [6.07, 6.45) is 0. The lowest BCUT2D eigenvalue weighted by Crippen LogP contribution is -1.87. The van der Waals surface area contributed by atoms with Crippen LogP contribution in [0.5, 0.6) is 0 Å². The molecule has 0 amide bonds. The molecule has 22 heavy (non-hydrogen) atoms. The zero-order chi connectivity index (χ0) is 15.1. The lowest BCUT2D eigenvalue weighted by molar-refractivity contribution is 1.37. The van der Waals surface area contributed by atoms with E-state index in [4.69, 9.17) is 0 Å². The van der Waals surface area contributed by atoms with Gasteiger partial charge in [-0.15, -0.1) is 0 Å². The fraction of sp³-hybridized carbons (Fsp3) is 0.0909. The van der Waals surface area contributed by atoms with E-state index in [2.05, 4.69) is 86.6 Å². The van der Waals surface area contributed by atoms with Crippen LogP contribution in [0, 0.1) is 13.8 Å². The van der Waals surface area contributed by atoms with Gasteiger partial charge in [-0.25, -0.2) is 0 Å². The highest BCUT2D eigenvalue weighted by Crippen LogP contribution is 2.34. The Labute approximate surface area is 131 Å². The zero-order valence-corrected chi connectivity index (χ0v) is 12.9. The van der Waals surface area contributed by atoms with Crippen molar-refractivity contribution in [1.82, 2.24) is 0 Å². The fourth-order valence-corrected chi connectivity index (χ4v) is 3.24. The van der Waals surface area contributed by atoms with Crippen LogP contribution in [0.25, 0.3) is 32.7 Å². The molecule has 4 aromatic carbocycles. The van der Waals surface area contributed by atoms with Gasteiger partial charge in [0, 0.05) is 0 Å². The van der Waals surface area contributed by atoms with Gasteiger partial charge in [-0.3, -0.25) is 0 Å². The number of hydrogen-bond donors (Lipinski definition) is 0. The molecule has 0 saturated carbocycles. The van der Waals surface area contributed by atoms with Crippen LogP contribution in [0.4, 0.5) is 0 Å². The van der Waals surface area contributed by atoms with Crippen molar-refractivity contribution in [1.29, 1.82) is 0 Å². The average Bonchev–Trinajstić information content (AvgIpc) is 2.55. The van der Waals surface area contributed by atoms with E-state index in [9.17, 15) is 0 Å². The summed E-state index contributed by atoms with van der Waals surface area (Å²) in [7, 11) is 0. The molecule has 0 N–H and O–H groups in total. The lowest BCUT2D eigenvalue weighted by Gasteiger charge is -2.12. The monoisotopic (exact) mass is 282 g/mol. The van der Waals surface area contributed by atoms with Gasteiger partial charge in [-0.1, -0.05) is 72.8 Å². The molecule has 0 bridgehead atoms. The van der Waals surface area contributed by atoms with Crippen molar-refractivity contribution in [3.63, 3.8) is 0 Å². The molecule has 0 atom stereocenters. The van der Waals surface area contributed by atoms with Crippen LogP contribution >= 0.6 is 0 Å². The van der Waals surface area contributed by atoms with Gasteiger partial charge < -0.3 is 0 Å². The Morgan fingerprint density at radius 3 is 1.91 bits per heavy atom. The Bertz CT molecular complexity index is 988. The van der Waals surface area contributed by atoms with Gasteiger partial charge in [0.25, 0.3) is 0 Å². The molecule has 0 aliphatic carbocycles. The van der Waals surface area contributed by atoms with Gasteiger partial charge in [-0.05, 0) is 57.6 Å². The fourth-order valence-electron chi connectivity index (χ4n) is 3.24. The van der Waals surface area contributed by atoms with Crippen molar-refractivity contribution < 1.29 is 0 Å². The van der Waals surface area contributed by atoms with Gasteiger partial charge in [0.15, 0.2) is 0 Å². The van der Waals surface area contributed by atoms with E-state index >= 15 is 0 Å². The number of fused-ring (bicyclic) bond motifs is 2. The highest BCUT2D eigenvalue weighted by molar-refractivity contribution is 6.05. The molecular weight excluding hydrogens is 264 g/mol. The molecule has 0 aliphatic rings. The van der Waals surface area contributed by atoms with Crippen molar-refractivity contribution in [3.8, 4) is 11.1 Å². The average molecular weight is 282 g/mol. The summed E-state index contributed by atoms with van der Waals surface area (Å²) >= 11 is 0. The maximum Gasteiger partial charge on any atom is -0.00991 e. The van der Waals surface area contributed by atoms with Crippen LogP contribution < -0.4 is 0 Å². The first-order chi connectivity index (χ1) is 10.7.